The molecule has 13 heavy (non-hydrogen) atoms. The van der Waals surface area contributed by atoms with Gasteiger partial charge in [-0.05, 0) is 24.1 Å². The van der Waals surface area contributed by atoms with Gasteiger partial charge in [0.2, 0.25) is 0 Å². The Morgan fingerprint density at radius 1 is 1.08 bits per heavy atom. The molecule has 0 amide bonds. The highest BCUT2D eigenvalue weighted by Gasteiger charge is 1.93. The molecule has 0 radical (unpaired) electrons. The zero-order valence-corrected chi connectivity index (χ0v) is 7.17. The first-order chi connectivity index (χ1) is 6.45. The Morgan fingerprint density at radius 3 is 2.46 bits per heavy atom. The van der Waals surface area contributed by atoms with Gasteiger partial charge in [0.05, 0.1) is 0 Å². The van der Waals surface area contributed by atoms with Crippen LogP contribution in [-0.2, 0) is 13.0 Å². The van der Waals surface area contributed by atoms with Crippen molar-refractivity contribution in [2.45, 2.75) is 13.0 Å². The Balaban J connectivity index is 1.94. The largest absolute Gasteiger partial charge is 0.320 e. The molecule has 0 fully saturated rings. The number of pyridine rings is 1. The van der Waals surface area contributed by atoms with E-state index in [1.54, 1.807) is 12.7 Å². The predicted octanol–water partition coefficient (Wildman–Crippen LogP) is 0.916. The fourth-order valence-corrected chi connectivity index (χ4v) is 1.15. The SMILES string of the molecule is c1cc(CCn2cnnc2)ccn1. The fraction of sp³-hybridized carbons (Fsp3) is 0.222. The van der Waals surface area contributed by atoms with E-state index in [-0.39, 0.29) is 0 Å². The number of hydrogen-bond acceptors (Lipinski definition) is 3. The maximum atomic E-state index is 3.96. The van der Waals surface area contributed by atoms with Crippen LogP contribution in [0.15, 0.2) is 37.2 Å². The average Bonchev–Trinajstić information content (AvgIpc) is 2.69. The summed E-state index contributed by atoms with van der Waals surface area (Å²) in [6.45, 7) is 0.914. The molecule has 0 atom stereocenters. The molecule has 4 nitrogen and oxygen atoms in total. The lowest BCUT2D eigenvalue weighted by molar-refractivity contribution is 0.693. The summed E-state index contributed by atoms with van der Waals surface area (Å²) < 4.78 is 1.96. The lowest BCUT2D eigenvalue weighted by Gasteiger charge is -2.00. The van der Waals surface area contributed by atoms with Crippen LogP contribution in [0.1, 0.15) is 5.56 Å². The molecule has 0 unspecified atom stereocenters. The summed E-state index contributed by atoms with van der Waals surface area (Å²) >= 11 is 0. The van der Waals surface area contributed by atoms with E-state index in [1.165, 1.54) is 5.56 Å². The minimum atomic E-state index is 0.914. The summed E-state index contributed by atoms with van der Waals surface area (Å²) in [4.78, 5) is 3.96. The van der Waals surface area contributed by atoms with Gasteiger partial charge in [-0.1, -0.05) is 0 Å². The molecular weight excluding hydrogens is 164 g/mol. The monoisotopic (exact) mass is 174 g/mol. The molecule has 66 valence electrons. The van der Waals surface area contributed by atoms with E-state index in [0.717, 1.165) is 13.0 Å². The van der Waals surface area contributed by atoms with Gasteiger partial charge in [0.15, 0.2) is 0 Å². The Morgan fingerprint density at radius 2 is 1.77 bits per heavy atom. The van der Waals surface area contributed by atoms with Gasteiger partial charge >= 0.3 is 0 Å². The highest BCUT2D eigenvalue weighted by Crippen LogP contribution is 1.99. The van der Waals surface area contributed by atoms with Crippen LogP contribution in [-0.4, -0.2) is 19.7 Å². The van der Waals surface area contributed by atoms with Crippen LogP contribution >= 0.6 is 0 Å². The highest BCUT2D eigenvalue weighted by atomic mass is 15.2. The third kappa shape index (κ3) is 2.11. The first kappa shape index (κ1) is 7.91. The van der Waals surface area contributed by atoms with E-state index in [0.29, 0.717) is 0 Å². The van der Waals surface area contributed by atoms with E-state index in [9.17, 15) is 0 Å². The maximum absolute atomic E-state index is 3.96. The van der Waals surface area contributed by atoms with Gasteiger partial charge in [-0.15, -0.1) is 10.2 Å². The molecular formula is C9H10N4. The van der Waals surface area contributed by atoms with Crippen LogP contribution in [0.2, 0.25) is 0 Å². The Labute approximate surface area is 76.3 Å². The van der Waals surface area contributed by atoms with Crippen molar-refractivity contribution in [2.24, 2.45) is 0 Å². The maximum Gasteiger partial charge on any atom is 0.119 e. The second kappa shape index (κ2) is 3.80. The molecule has 0 aliphatic carbocycles. The van der Waals surface area contributed by atoms with E-state index in [1.807, 2.05) is 29.1 Å². The smallest absolute Gasteiger partial charge is 0.119 e. The van der Waals surface area contributed by atoms with Gasteiger partial charge in [0.1, 0.15) is 12.7 Å². The molecule has 0 N–H and O–H groups in total. The van der Waals surface area contributed by atoms with Crippen LogP contribution in [0.5, 0.6) is 0 Å². The zero-order chi connectivity index (χ0) is 8.93. The van der Waals surface area contributed by atoms with Crippen molar-refractivity contribution in [1.82, 2.24) is 19.7 Å². The van der Waals surface area contributed by atoms with Crippen molar-refractivity contribution in [3.63, 3.8) is 0 Å². The van der Waals surface area contributed by atoms with Gasteiger partial charge in [-0.2, -0.15) is 0 Å². The molecule has 2 aromatic rings. The Hall–Kier alpha value is -1.71. The number of hydrogen-bond donors (Lipinski definition) is 0. The van der Waals surface area contributed by atoms with Crippen molar-refractivity contribution in [1.29, 1.82) is 0 Å². The molecule has 0 saturated carbocycles. The average molecular weight is 174 g/mol. The number of aromatic nitrogens is 4. The molecule has 4 heteroatoms. The molecule has 0 bridgehead atoms. The van der Waals surface area contributed by atoms with Crippen LogP contribution in [0, 0.1) is 0 Å². The van der Waals surface area contributed by atoms with Gasteiger partial charge in [-0.3, -0.25) is 4.98 Å². The fourth-order valence-electron chi connectivity index (χ4n) is 1.15. The highest BCUT2D eigenvalue weighted by molar-refractivity contribution is 5.09. The van der Waals surface area contributed by atoms with Crippen molar-refractivity contribution in [3.05, 3.63) is 42.7 Å². The number of nitrogens with zero attached hydrogens (tertiary/aromatic N) is 4. The standard InChI is InChI=1S/C9H10N4/c1-4-10-5-2-9(1)3-6-13-7-11-12-8-13/h1-2,4-5,7-8H,3,6H2. The van der Waals surface area contributed by atoms with Gasteiger partial charge in [-0.25, -0.2) is 0 Å². The van der Waals surface area contributed by atoms with E-state index < -0.39 is 0 Å². The quantitative estimate of drug-likeness (QED) is 0.694. The van der Waals surface area contributed by atoms with E-state index in [4.69, 9.17) is 0 Å². The molecule has 0 aromatic carbocycles. The molecule has 2 heterocycles. The lowest BCUT2D eigenvalue weighted by Crippen LogP contribution is -1.98. The van der Waals surface area contributed by atoms with Crippen LogP contribution in [0.25, 0.3) is 0 Å². The van der Waals surface area contributed by atoms with Crippen LogP contribution < -0.4 is 0 Å². The van der Waals surface area contributed by atoms with Crippen molar-refractivity contribution < 1.29 is 0 Å². The van der Waals surface area contributed by atoms with Crippen LogP contribution in [0.4, 0.5) is 0 Å². The molecule has 0 aliphatic heterocycles. The summed E-state index contributed by atoms with van der Waals surface area (Å²) in [7, 11) is 0. The van der Waals surface area contributed by atoms with Crippen molar-refractivity contribution in [3.8, 4) is 0 Å². The first-order valence-electron chi connectivity index (χ1n) is 4.16. The van der Waals surface area contributed by atoms with Gasteiger partial charge in [0.25, 0.3) is 0 Å². The summed E-state index contributed by atoms with van der Waals surface area (Å²) in [6, 6.07) is 4.04. The summed E-state index contributed by atoms with van der Waals surface area (Å²) in [5.74, 6) is 0. The molecule has 0 aliphatic rings. The molecule has 0 saturated heterocycles. The summed E-state index contributed by atoms with van der Waals surface area (Å²) in [6.07, 6.45) is 8.05. The summed E-state index contributed by atoms with van der Waals surface area (Å²) in [5.41, 5.74) is 1.28. The normalized spacial score (nSPS) is 10.2. The first-order valence-corrected chi connectivity index (χ1v) is 4.16. The topological polar surface area (TPSA) is 43.6 Å². The minimum Gasteiger partial charge on any atom is -0.320 e. The van der Waals surface area contributed by atoms with E-state index in [2.05, 4.69) is 15.2 Å². The minimum absolute atomic E-state index is 0.914. The van der Waals surface area contributed by atoms with Crippen molar-refractivity contribution >= 4 is 0 Å². The Kier molecular flexibility index (Phi) is 2.31. The summed E-state index contributed by atoms with van der Waals surface area (Å²) in [5, 5.41) is 7.47. The number of aryl methyl sites for hydroxylation is 2. The number of rotatable bonds is 3. The third-order valence-corrected chi connectivity index (χ3v) is 1.87. The Bertz CT molecular complexity index is 341. The predicted molar refractivity (Wildman–Crippen MR) is 48.0 cm³/mol. The van der Waals surface area contributed by atoms with E-state index >= 15 is 0 Å². The third-order valence-electron chi connectivity index (χ3n) is 1.87. The zero-order valence-electron chi connectivity index (χ0n) is 7.17. The lowest BCUT2D eigenvalue weighted by atomic mass is 10.2. The van der Waals surface area contributed by atoms with Crippen LogP contribution in [0.3, 0.4) is 0 Å². The molecule has 2 aromatic heterocycles. The molecule has 2 rings (SSSR count). The van der Waals surface area contributed by atoms with Gasteiger partial charge < -0.3 is 4.57 Å². The second-order valence-electron chi connectivity index (χ2n) is 2.81. The van der Waals surface area contributed by atoms with Crippen molar-refractivity contribution in [2.75, 3.05) is 0 Å². The molecule has 0 spiro atoms. The van der Waals surface area contributed by atoms with Gasteiger partial charge in [0, 0.05) is 18.9 Å². The second-order valence-corrected chi connectivity index (χ2v) is 2.81.